The van der Waals surface area contributed by atoms with E-state index in [1.165, 1.54) is 0 Å². The van der Waals surface area contributed by atoms with Gasteiger partial charge in [-0.15, -0.1) is 0 Å². The van der Waals surface area contributed by atoms with Gasteiger partial charge in [0.05, 0.1) is 12.2 Å². The van der Waals surface area contributed by atoms with Crippen molar-refractivity contribution >= 4 is 28.3 Å². The summed E-state index contributed by atoms with van der Waals surface area (Å²) >= 11 is 0. The summed E-state index contributed by atoms with van der Waals surface area (Å²) in [5.41, 5.74) is 2.86. The molecule has 1 heterocycles. The van der Waals surface area contributed by atoms with Crippen LogP contribution in [0.25, 0.3) is 10.8 Å². The number of carbonyl (C=O) groups excluding carboxylic acids is 2. The molecule has 0 saturated heterocycles. The minimum absolute atomic E-state index is 0.139. The Morgan fingerprint density at radius 2 is 1.81 bits per heavy atom. The number of fused-ring (bicyclic) bond motifs is 1. The molecule has 0 spiro atoms. The van der Waals surface area contributed by atoms with Crippen LogP contribution in [-0.2, 0) is 16.1 Å². The predicted molar refractivity (Wildman–Crippen MR) is 102 cm³/mol. The van der Waals surface area contributed by atoms with Gasteiger partial charge in [0.2, 0.25) is 5.91 Å². The molecule has 0 saturated carbocycles. The van der Waals surface area contributed by atoms with Gasteiger partial charge >= 0.3 is 5.97 Å². The van der Waals surface area contributed by atoms with E-state index in [4.69, 9.17) is 4.74 Å². The number of aryl methyl sites for hydroxylation is 1. The highest BCUT2D eigenvalue weighted by Gasteiger charge is 2.18. The van der Waals surface area contributed by atoms with E-state index in [0.717, 1.165) is 27.8 Å². The number of ether oxygens (including phenoxy) is 1. The molecule has 0 fully saturated rings. The topological polar surface area (TPSA) is 60.3 Å². The molecule has 5 heteroatoms. The molecular formula is C21H22N2O3. The van der Waals surface area contributed by atoms with Crippen LogP contribution in [0.3, 0.4) is 0 Å². The maximum atomic E-state index is 12.6. The Kier molecular flexibility index (Phi) is 5.07. The standard InChI is InChI=1S/C21H22N2O3/c1-4-26-21(25)18-12-14(2)23(15(18)3)13-20(24)22-19-11-7-9-16-8-5-6-10-17(16)19/h5-12H,4,13H2,1-3H3,(H,22,24). The molecule has 0 bridgehead atoms. The molecule has 0 aliphatic carbocycles. The molecule has 3 rings (SSSR count). The Hall–Kier alpha value is -3.08. The normalized spacial score (nSPS) is 10.7. The van der Waals surface area contributed by atoms with E-state index in [-0.39, 0.29) is 18.4 Å². The molecule has 0 aliphatic heterocycles. The lowest BCUT2D eigenvalue weighted by atomic mass is 10.1. The Balaban J connectivity index is 1.81. The van der Waals surface area contributed by atoms with Crippen molar-refractivity contribution in [3.05, 3.63) is 65.5 Å². The van der Waals surface area contributed by atoms with Crippen LogP contribution in [-0.4, -0.2) is 23.1 Å². The Morgan fingerprint density at radius 3 is 2.58 bits per heavy atom. The van der Waals surface area contributed by atoms with Crippen LogP contribution in [0.1, 0.15) is 28.7 Å². The molecule has 3 aromatic rings. The zero-order valence-corrected chi connectivity index (χ0v) is 15.2. The number of nitrogens with one attached hydrogen (secondary N) is 1. The summed E-state index contributed by atoms with van der Waals surface area (Å²) in [5, 5.41) is 5.04. The van der Waals surface area contributed by atoms with E-state index in [0.29, 0.717) is 12.2 Å². The second kappa shape index (κ2) is 7.44. The van der Waals surface area contributed by atoms with E-state index in [1.807, 2.05) is 60.9 Å². The Bertz CT molecular complexity index is 967. The fraction of sp³-hybridized carbons (Fsp3) is 0.238. The van der Waals surface area contributed by atoms with Crippen molar-refractivity contribution in [1.82, 2.24) is 4.57 Å². The Morgan fingerprint density at radius 1 is 1.08 bits per heavy atom. The molecule has 0 aliphatic rings. The number of benzene rings is 2. The van der Waals surface area contributed by atoms with Crippen molar-refractivity contribution in [2.75, 3.05) is 11.9 Å². The first-order valence-electron chi connectivity index (χ1n) is 8.62. The summed E-state index contributed by atoms with van der Waals surface area (Å²) in [6.45, 7) is 5.93. The number of amides is 1. The number of aromatic nitrogens is 1. The van der Waals surface area contributed by atoms with Crippen molar-refractivity contribution < 1.29 is 14.3 Å². The zero-order valence-electron chi connectivity index (χ0n) is 15.2. The fourth-order valence-corrected chi connectivity index (χ4v) is 3.13. The van der Waals surface area contributed by atoms with Crippen molar-refractivity contribution in [2.45, 2.75) is 27.3 Å². The van der Waals surface area contributed by atoms with Gasteiger partial charge in [0.25, 0.3) is 0 Å². The third kappa shape index (κ3) is 3.47. The number of rotatable bonds is 5. The number of hydrogen-bond donors (Lipinski definition) is 1. The van der Waals surface area contributed by atoms with Gasteiger partial charge in [0, 0.05) is 22.5 Å². The highest BCUT2D eigenvalue weighted by molar-refractivity contribution is 6.02. The monoisotopic (exact) mass is 350 g/mol. The van der Waals surface area contributed by atoms with E-state index in [1.54, 1.807) is 13.0 Å². The van der Waals surface area contributed by atoms with Crippen LogP contribution in [0.4, 0.5) is 5.69 Å². The highest BCUT2D eigenvalue weighted by Crippen LogP contribution is 2.23. The SMILES string of the molecule is CCOC(=O)c1cc(C)n(CC(=O)Nc2cccc3ccccc23)c1C. The van der Waals surface area contributed by atoms with E-state index >= 15 is 0 Å². The summed E-state index contributed by atoms with van der Waals surface area (Å²) in [6, 6.07) is 15.5. The molecule has 0 atom stereocenters. The van der Waals surface area contributed by atoms with Gasteiger partial charge in [0.15, 0.2) is 0 Å². The van der Waals surface area contributed by atoms with Crippen LogP contribution < -0.4 is 5.32 Å². The number of carbonyl (C=O) groups is 2. The number of nitrogens with zero attached hydrogens (tertiary/aromatic N) is 1. The lowest BCUT2D eigenvalue weighted by Gasteiger charge is -2.12. The first-order chi connectivity index (χ1) is 12.5. The summed E-state index contributed by atoms with van der Waals surface area (Å²) < 4.78 is 6.90. The number of hydrogen-bond acceptors (Lipinski definition) is 3. The maximum Gasteiger partial charge on any atom is 0.339 e. The fourth-order valence-electron chi connectivity index (χ4n) is 3.13. The van der Waals surface area contributed by atoms with E-state index < -0.39 is 0 Å². The lowest BCUT2D eigenvalue weighted by molar-refractivity contribution is -0.116. The number of anilines is 1. The van der Waals surface area contributed by atoms with Crippen LogP contribution in [0.5, 0.6) is 0 Å². The van der Waals surface area contributed by atoms with E-state index in [9.17, 15) is 9.59 Å². The van der Waals surface area contributed by atoms with Crippen LogP contribution in [0.2, 0.25) is 0 Å². The largest absolute Gasteiger partial charge is 0.462 e. The van der Waals surface area contributed by atoms with Gasteiger partial charge < -0.3 is 14.6 Å². The molecule has 134 valence electrons. The van der Waals surface area contributed by atoms with Gasteiger partial charge in [-0.05, 0) is 38.3 Å². The first-order valence-corrected chi connectivity index (χ1v) is 8.62. The maximum absolute atomic E-state index is 12.6. The van der Waals surface area contributed by atoms with Gasteiger partial charge in [-0.1, -0.05) is 36.4 Å². The zero-order chi connectivity index (χ0) is 18.7. The molecule has 1 aromatic heterocycles. The lowest BCUT2D eigenvalue weighted by Crippen LogP contribution is -2.20. The molecule has 2 aromatic carbocycles. The third-order valence-corrected chi connectivity index (χ3v) is 4.43. The average Bonchev–Trinajstić information content (AvgIpc) is 2.90. The molecular weight excluding hydrogens is 328 g/mol. The minimum Gasteiger partial charge on any atom is -0.462 e. The van der Waals surface area contributed by atoms with Crippen molar-refractivity contribution in [3.63, 3.8) is 0 Å². The second-order valence-electron chi connectivity index (χ2n) is 6.17. The minimum atomic E-state index is -0.360. The van der Waals surface area contributed by atoms with Crippen molar-refractivity contribution in [1.29, 1.82) is 0 Å². The summed E-state index contributed by atoms with van der Waals surface area (Å²) in [7, 11) is 0. The van der Waals surface area contributed by atoms with Crippen molar-refractivity contribution in [3.8, 4) is 0 Å². The summed E-state index contributed by atoms with van der Waals surface area (Å²) in [5.74, 6) is -0.500. The van der Waals surface area contributed by atoms with Crippen molar-refractivity contribution in [2.24, 2.45) is 0 Å². The predicted octanol–water partition coefficient (Wildman–Crippen LogP) is 4.07. The third-order valence-electron chi connectivity index (χ3n) is 4.43. The molecule has 1 N–H and O–H groups in total. The van der Waals surface area contributed by atoms with Crippen LogP contribution >= 0.6 is 0 Å². The van der Waals surface area contributed by atoms with Crippen LogP contribution in [0.15, 0.2) is 48.5 Å². The Labute approximate surface area is 152 Å². The summed E-state index contributed by atoms with van der Waals surface area (Å²) in [6.07, 6.45) is 0. The second-order valence-corrected chi connectivity index (χ2v) is 6.17. The van der Waals surface area contributed by atoms with E-state index in [2.05, 4.69) is 5.32 Å². The summed E-state index contributed by atoms with van der Waals surface area (Å²) in [4.78, 5) is 24.6. The first kappa shape index (κ1) is 17.7. The molecule has 0 radical (unpaired) electrons. The quantitative estimate of drug-likeness (QED) is 0.706. The highest BCUT2D eigenvalue weighted by atomic mass is 16.5. The van der Waals surface area contributed by atoms with Crippen LogP contribution in [0, 0.1) is 13.8 Å². The molecule has 0 unspecified atom stereocenters. The molecule has 1 amide bonds. The van der Waals surface area contributed by atoms with Gasteiger partial charge in [0.1, 0.15) is 6.54 Å². The smallest absolute Gasteiger partial charge is 0.339 e. The average molecular weight is 350 g/mol. The molecule has 26 heavy (non-hydrogen) atoms. The van der Waals surface area contributed by atoms with Gasteiger partial charge in [-0.25, -0.2) is 4.79 Å². The van der Waals surface area contributed by atoms with Gasteiger partial charge in [-0.3, -0.25) is 4.79 Å². The van der Waals surface area contributed by atoms with Gasteiger partial charge in [-0.2, -0.15) is 0 Å². The molecule has 5 nitrogen and oxygen atoms in total. The number of esters is 1.